The summed E-state index contributed by atoms with van der Waals surface area (Å²) < 4.78 is 6.73. The number of halogens is 1. The summed E-state index contributed by atoms with van der Waals surface area (Å²) in [5.74, 6) is 0.497. The Hall–Kier alpha value is -2.89. The minimum Gasteiger partial charge on any atom is -0.491 e. The molecule has 6 heteroatoms. The molecule has 4 aromatic rings. The smallest absolute Gasteiger partial charge is 0.255 e. The van der Waals surface area contributed by atoms with Crippen molar-refractivity contribution in [1.29, 1.82) is 0 Å². The Kier molecular flexibility index (Phi) is 5.51. The fourth-order valence-electron chi connectivity index (χ4n) is 2.90. The Morgan fingerprint density at radius 1 is 1.07 bits per heavy atom. The molecule has 1 amide bonds. The van der Waals surface area contributed by atoms with Crippen LogP contribution in [0, 0.1) is 0 Å². The number of ether oxygens (including phenoxy) is 1. The molecule has 0 saturated carbocycles. The quantitative estimate of drug-likeness (QED) is 0.391. The van der Waals surface area contributed by atoms with Crippen molar-refractivity contribution in [2.75, 3.05) is 5.32 Å². The maximum absolute atomic E-state index is 12.7. The van der Waals surface area contributed by atoms with E-state index in [1.807, 2.05) is 50.2 Å². The molecule has 4 rings (SSSR count). The van der Waals surface area contributed by atoms with E-state index in [0.29, 0.717) is 16.3 Å². The number of nitrogens with zero attached hydrogens (tertiary/aromatic N) is 1. The van der Waals surface area contributed by atoms with E-state index in [9.17, 15) is 4.79 Å². The third-order valence-electron chi connectivity index (χ3n) is 4.24. The number of thiazole rings is 1. The van der Waals surface area contributed by atoms with Crippen LogP contribution < -0.4 is 10.1 Å². The second kappa shape index (κ2) is 8.23. The molecule has 29 heavy (non-hydrogen) atoms. The summed E-state index contributed by atoms with van der Waals surface area (Å²) in [5, 5.41) is 4.25. The molecule has 0 unspecified atom stereocenters. The van der Waals surface area contributed by atoms with Crippen molar-refractivity contribution in [3.8, 4) is 16.3 Å². The molecule has 0 fully saturated rings. The number of para-hydroxylation sites is 1. The first-order valence-corrected chi connectivity index (χ1v) is 10.4. The molecule has 146 valence electrons. The monoisotopic (exact) mass is 422 g/mol. The van der Waals surface area contributed by atoms with Crippen molar-refractivity contribution in [3.05, 3.63) is 77.3 Å². The van der Waals surface area contributed by atoms with Gasteiger partial charge in [-0.1, -0.05) is 29.8 Å². The highest BCUT2D eigenvalue weighted by atomic mass is 35.5. The summed E-state index contributed by atoms with van der Waals surface area (Å²) in [6, 6.07) is 20.6. The lowest BCUT2D eigenvalue weighted by Crippen LogP contribution is -2.12. The number of rotatable bonds is 5. The van der Waals surface area contributed by atoms with Gasteiger partial charge in [-0.25, -0.2) is 4.98 Å². The van der Waals surface area contributed by atoms with Crippen molar-refractivity contribution in [2.45, 2.75) is 20.0 Å². The highest BCUT2D eigenvalue weighted by Gasteiger charge is 2.12. The maximum Gasteiger partial charge on any atom is 0.255 e. The molecule has 1 N–H and O–H groups in total. The Morgan fingerprint density at radius 2 is 1.83 bits per heavy atom. The molecule has 0 radical (unpaired) electrons. The van der Waals surface area contributed by atoms with E-state index in [2.05, 4.69) is 10.3 Å². The van der Waals surface area contributed by atoms with Crippen LogP contribution in [0.1, 0.15) is 24.2 Å². The number of hydrogen-bond acceptors (Lipinski definition) is 4. The third kappa shape index (κ3) is 4.42. The predicted molar refractivity (Wildman–Crippen MR) is 120 cm³/mol. The molecule has 0 bridgehead atoms. The van der Waals surface area contributed by atoms with Crippen LogP contribution in [0.2, 0.25) is 5.02 Å². The van der Waals surface area contributed by atoms with Crippen LogP contribution in [-0.4, -0.2) is 17.0 Å². The molecule has 0 atom stereocenters. The number of benzene rings is 3. The van der Waals surface area contributed by atoms with E-state index in [0.717, 1.165) is 26.5 Å². The average Bonchev–Trinajstić information content (AvgIpc) is 3.14. The molecule has 0 saturated heterocycles. The van der Waals surface area contributed by atoms with Crippen molar-refractivity contribution in [2.24, 2.45) is 0 Å². The Bertz CT molecular complexity index is 1140. The first kappa shape index (κ1) is 19.4. The molecular formula is C23H19ClN2O2S. The molecule has 0 aliphatic heterocycles. The number of carbonyl (C=O) groups excluding carboxylic acids is 1. The van der Waals surface area contributed by atoms with Gasteiger partial charge < -0.3 is 10.1 Å². The van der Waals surface area contributed by atoms with Gasteiger partial charge in [-0.15, -0.1) is 11.3 Å². The van der Waals surface area contributed by atoms with E-state index in [1.54, 1.807) is 41.7 Å². The molecule has 1 aromatic heterocycles. The topological polar surface area (TPSA) is 51.2 Å². The molecule has 0 spiro atoms. The SMILES string of the molecule is CC(C)Oc1ccc(C(=O)Nc2cc(-c3nc4ccccc4s3)ccc2Cl)cc1. The van der Waals surface area contributed by atoms with Crippen LogP contribution in [0.25, 0.3) is 20.8 Å². The number of aromatic nitrogens is 1. The van der Waals surface area contributed by atoms with Crippen molar-refractivity contribution < 1.29 is 9.53 Å². The van der Waals surface area contributed by atoms with Gasteiger partial charge >= 0.3 is 0 Å². The lowest BCUT2D eigenvalue weighted by Gasteiger charge is -2.11. The number of nitrogens with one attached hydrogen (secondary N) is 1. The number of fused-ring (bicyclic) bond motifs is 1. The Balaban J connectivity index is 1.57. The summed E-state index contributed by atoms with van der Waals surface area (Å²) in [4.78, 5) is 17.3. The van der Waals surface area contributed by atoms with Crippen molar-refractivity contribution in [3.63, 3.8) is 0 Å². The number of carbonyl (C=O) groups is 1. The van der Waals surface area contributed by atoms with E-state index in [4.69, 9.17) is 16.3 Å². The number of hydrogen-bond donors (Lipinski definition) is 1. The van der Waals surface area contributed by atoms with Crippen molar-refractivity contribution in [1.82, 2.24) is 4.98 Å². The van der Waals surface area contributed by atoms with E-state index >= 15 is 0 Å². The summed E-state index contributed by atoms with van der Waals surface area (Å²) >= 11 is 7.93. The molecule has 4 nitrogen and oxygen atoms in total. The van der Waals surface area contributed by atoms with Gasteiger partial charge in [0.15, 0.2) is 0 Å². The normalized spacial score (nSPS) is 11.0. The molecule has 0 aliphatic carbocycles. The number of anilines is 1. The van der Waals surface area contributed by atoms with Gasteiger partial charge in [0.25, 0.3) is 5.91 Å². The van der Waals surface area contributed by atoms with Crippen LogP contribution in [0.5, 0.6) is 5.75 Å². The fraction of sp³-hybridized carbons (Fsp3) is 0.130. The second-order valence-corrected chi connectivity index (χ2v) is 8.26. The molecule has 3 aromatic carbocycles. The van der Waals surface area contributed by atoms with Gasteiger partial charge in [-0.2, -0.15) is 0 Å². The number of amides is 1. The lowest BCUT2D eigenvalue weighted by molar-refractivity contribution is 0.102. The van der Waals surface area contributed by atoms with Crippen LogP contribution >= 0.6 is 22.9 Å². The van der Waals surface area contributed by atoms with Gasteiger partial charge in [0.1, 0.15) is 10.8 Å². The fourth-order valence-corrected chi connectivity index (χ4v) is 4.03. The zero-order valence-corrected chi connectivity index (χ0v) is 17.6. The maximum atomic E-state index is 12.7. The summed E-state index contributed by atoms with van der Waals surface area (Å²) in [5.41, 5.74) is 2.95. The lowest BCUT2D eigenvalue weighted by atomic mass is 10.1. The minimum absolute atomic E-state index is 0.0822. The second-order valence-electron chi connectivity index (χ2n) is 6.83. The summed E-state index contributed by atoms with van der Waals surface area (Å²) in [7, 11) is 0. The van der Waals surface area contributed by atoms with Gasteiger partial charge in [-0.3, -0.25) is 4.79 Å². The van der Waals surface area contributed by atoms with Crippen LogP contribution in [-0.2, 0) is 0 Å². The minimum atomic E-state index is -0.232. The van der Waals surface area contributed by atoms with Gasteiger partial charge in [-0.05, 0) is 62.4 Å². The first-order valence-electron chi connectivity index (χ1n) is 9.23. The van der Waals surface area contributed by atoms with E-state index < -0.39 is 0 Å². The molecule has 1 heterocycles. The average molecular weight is 423 g/mol. The Morgan fingerprint density at radius 3 is 2.55 bits per heavy atom. The summed E-state index contributed by atoms with van der Waals surface area (Å²) in [6.45, 7) is 3.92. The zero-order valence-electron chi connectivity index (χ0n) is 16.0. The van der Waals surface area contributed by atoms with E-state index in [1.165, 1.54) is 0 Å². The summed E-state index contributed by atoms with van der Waals surface area (Å²) in [6.07, 6.45) is 0.0822. The van der Waals surface area contributed by atoms with Crippen LogP contribution in [0.4, 0.5) is 5.69 Å². The van der Waals surface area contributed by atoms with Gasteiger partial charge in [0.05, 0.1) is 27.0 Å². The van der Waals surface area contributed by atoms with Gasteiger partial charge in [0, 0.05) is 11.1 Å². The highest BCUT2D eigenvalue weighted by molar-refractivity contribution is 7.21. The van der Waals surface area contributed by atoms with Gasteiger partial charge in [0.2, 0.25) is 0 Å². The highest BCUT2D eigenvalue weighted by Crippen LogP contribution is 2.34. The Labute approximate surface area is 178 Å². The van der Waals surface area contributed by atoms with Crippen LogP contribution in [0.15, 0.2) is 66.7 Å². The standard InChI is InChI=1S/C23H19ClN2O2S/c1-14(2)28-17-10-7-15(8-11-17)22(27)25-20-13-16(9-12-18(20)24)23-26-19-5-3-4-6-21(19)29-23/h3-14H,1-2H3,(H,25,27). The first-order chi connectivity index (χ1) is 14.0. The molecule has 0 aliphatic rings. The largest absolute Gasteiger partial charge is 0.491 e. The van der Waals surface area contributed by atoms with E-state index in [-0.39, 0.29) is 12.0 Å². The van der Waals surface area contributed by atoms with Crippen LogP contribution in [0.3, 0.4) is 0 Å². The molecular weight excluding hydrogens is 404 g/mol. The van der Waals surface area contributed by atoms with Crippen molar-refractivity contribution >= 4 is 44.7 Å². The predicted octanol–water partition coefficient (Wildman–Crippen LogP) is 6.66. The third-order valence-corrected chi connectivity index (χ3v) is 5.66. The zero-order chi connectivity index (χ0) is 20.4.